The topological polar surface area (TPSA) is 75.3 Å². The molecule has 4 N–H and O–H groups in total. The first-order valence-electron chi connectivity index (χ1n) is 5.42. The monoisotopic (exact) mass is 240 g/mol. The van der Waals surface area contributed by atoms with E-state index in [4.69, 9.17) is 10.8 Å². The standard InChI is InChI=1S/C11H16N2O2S/c12-7-4-8(5-7)13-9(6-11(14)15)10-2-1-3-16-10/h1-3,7-9,13H,4-6,12H2,(H,14,15). The van der Waals surface area contributed by atoms with Crippen LogP contribution < -0.4 is 11.1 Å². The highest BCUT2D eigenvalue weighted by Crippen LogP contribution is 2.26. The molecule has 0 aromatic carbocycles. The SMILES string of the molecule is NC1CC(NC(CC(=O)O)c2cccs2)C1. The zero-order valence-corrected chi connectivity index (χ0v) is 9.74. The van der Waals surface area contributed by atoms with Crippen LogP contribution in [0.1, 0.15) is 30.2 Å². The summed E-state index contributed by atoms with van der Waals surface area (Å²) in [6, 6.07) is 4.51. The van der Waals surface area contributed by atoms with Crippen LogP contribution in [0.4, 0.5) is 0 Å². The smallest absolute Gasteiger partial charge is 0.305 e. The molecule has 1 saturated carbocycles. The lowest BCUT2D eigenvalue weighted by atomic mass is 9.87. The average molecular weight is 240 g/mol. The summed E-state index contributed by atoms with van der Waals surface area (Å²) >= 11 is 1.59. The van der Waals surface area contributed by atoms with Crippen LogP contribution in [0.5, 0.6) is 0 Å². The molecule has 1 aliphatic carbocycles. The van der Waals surface area contributed by atoms with Gasteiger partial charge < -0.3 is 16.2 Å². The van der Waals surface area contributed by atoms with E-state index in [0.717, 1.165) is 17.7 Å². The Balaban J connectivity index is 1.95. The van der Waals surface area contributed by atoms with Gasteiger partial charge in [0.25, 0.3) is 0 Å². The highest BCUT2D eigenvalue weighted by Gasteiger charge is 2.29. The Kier molecular flexibility index (Phi) is 3.58. The number of hydrogen-bond acceptors (Lipinski definition) is 4. The fourth-order valence-electron chi connectivity index (χ4n) is 1.99. The Morgan fingerprint density at radius 1 is 1.69 bits per heavy atom. The molecular weight excluding hydrogens is 224 g/mol. The second kappa shape index (κ2) is 4.95. The van der Waals surface area contributed by atoms with Crippen LogP contribution in [0.25, 0.3) is 0 Å². The number of carboxylic acids is 1. The van der Waals surface area contributed by atoms with Gasteiger partial charge in [0, 0.05) is 17.0 Å². The fourth-order valence-corrected chi connectivity index (χ4v) is 2.78. The highest BCUT2D eigenvalue weighted by atomic mass is 32.1. The zero-order valence-electron chi connectivity index (χ0n) is 8.93. The van der Waals surface area contributed by atoms with Gasteiger partial charge in [-0.3, -0.25) is 4.79 Å². The molecule has 1 aliphatic rings. The van der Waals surface area contributed by atoms with E-state index in [2.05, 4.69) is 5.32 Å². The van der Waals surface area contributed by atoms with Gasteiger partial charge in [0.05, 0.1) is 12.5 Å². The van der Waals surface area contributed by atoms with E-state index >= 15 is 0 Å². The van der Waals surface area contributed by atoms with E-state index in [0.29, 0.717) is 6.04 Å². The van der Waals surface area contributed by atoms with E-state index in [1.165, 1.54) is 0 Å². The molecule has 0 bridgehead atoms. The molecule has 0 aliphatic heterocycles. The molecule has 16 heavy (non-hydrogen) atoms. The number of nitrogens with two attached hydrogens (primary N) is 1. The van der Waals surface area contributed by atoms with Crippen LogP contribution in [-0.4, -0.2) is 23.2 Å². The molecule has 0 spiro atoms. The van der Waals surface area contributed by atoms with Gasteiger partial charge in [-0.15, -0.1) is 11.3 Å². The maximum absolute atomic E-state index is 10.8. The van der Waals surface area contributed by atoms with Gasteiger partial charge in [0.15, 0.2) is 0 Å². The molecule has 4 nitrogen and oxygen atoms in total. The van der Waals surface area contributed by atoms with Crippen LogP contribution in [0.3, 0.4) is 0 Å². The van der Waals surface area contributed by atoms with Gasteiger partial charge in [0.1, 0.15) is 0 Å². The van der Waals surface area contributed by atoms with Gasteiger partial charge in [-0.1, -0.05) is 6.07 Å². The van der Waals surface area contributed by atoms with Crippen LogP contribution in [0.2, 0.25) is 0 Å². The van der Waals surface area contributed by atoms with Crippen LogP contribution in [-0.2, 0) is 4.79 Å². The number of carboxylic acid groups (broad SMARTS) is 1. The number of rotatable bonds is 5. The van der Waals surface area contributed by atoms with Gasteiger partial charge in [-0.2, -0.15) is 0 Å². The van der Waals surface area contributed by atoms with E-state index in [-0.39, 0.29) is 18.5 Å². The zero-order chi connectivity index (χ0) is 11.5. The first-order valence-corrected chi connectivity index (χ1v) is 6.30. The van der Waals surface area contributed by atoms with Crippen molar-refractivity contribution in [3.8, 4) is 0 Å². The molecule has 0 saturated heterocycles. The number of carbonyl (C=O) groups is 1. The molecule has 1 aromatic rings. The molecule has 0 amide bonds. The molecular formula is C11H16N2O2S. The predicted molar refractivity (Wildman–Crippen MR) is 63.4 cm³/mol. The van der Waals surface area contributed by atoms with Crippen molar-refractivity contribution in [3.63, 3.8) is 0 Å². The number of thiophene rings is 1. The summed E-state index contributed by atoms with van der Waals surface area (Å²) in [7, 11) is 0. The maximum Gasteiger partial charge on any atom is 0.305 e. The van der Waals surface area contributed by atoms with E-state index in [9.17, 15) is 4.79 Å². The van der Waals surface area contributed by atoms with E-state index in [1.807, 2.05) is 17.5 Å². The number of aliphatic carboxylic acids is 1. The molecule has 1 unspecified atom stereocenters. The molecule has 5 heteroatoms. The Morgan fingerprint density at radius 3 is 2.94 bits per heavy atom. The Hall–Kier alpha value is -0.910. The van der Waals surface area contributed by atoms with Gasteiger partial charge >= 0.3 is 5.97 Å². The largest absolute Gasteiger partial charge is 0.481 e. The average Bonchev–Trinajstić information content (AvgIpc) is 2.65. The lowest BCUT2D eigenvalue weighted by Crippen LogP contribution is -2.49. The minimum absolute atomic E-state index is 0.0741. The summed E-state index contributed by atoms with van der Waals surface area (Å²) in [6.45, 7) is 0. The molecule has 1 aromatic heterocycles. The number of nitrogens with one attached hydrogen (secondary N) is 1. The van der Waals surface area contributed by atoms with Crippen molar-refractivity contribution in [1.29, 1.82) is 0 Å². The summed E-state index contributed by atoms with van der Waals surface area (Å²) in [5.41, 5.74) is 5.71. The lowest BCUT2D eigenvalue weighted by molar-refractivity contribution is -0.137. The normalized spacial score (nSPS) is 26.1. The second-order valence-corrected chi connectivity index (χ2v) is 5.24. The molecule has 88 valence electrons. The quantitative estimate of drug-likeness (QED) is 0.726. The first kappa shape index (κ1) is 11.6. The summed E-state index contributed by atoms with van der Waals surface area (Å²) in [6.07, 6.45) is 2.02. The van der Waals surface area contributed by atoms with E-state index in [1.54, 1.807) is 11.3 Å². The van der Waals surface area contributed by atoms with Gasteiger partial charge in [-0.05, 0) is 24.3 Å². The Morgan fingerprint density at radius 2 is 2.44 bits per heavy atom. The molecule has 1 heterocycles. The third kappa shape index (κ3) is 2.81. The summed E-state index contributed by atoms with van der Waals surface area (Å²) in [4.78, 5) is 11.9. The molecule has 0 radical (unpaired) electrons. The molecule has 1 atom stereocenters. The van der Waals surface area contributed by atoms with Crippen molar-refractivity contribution in [1.82, 2.24) is 5.32 Å². The third-order valence-electron chi connectivity index (χ3n) is 2.88. The van der Waals surface area contributed by atoms with Crippen molar-refractivity contribution in [3.05, 3.63) is 22.4 Å². The minimum Gasteiger partial charge on any atom is -0.481 e. The fraction of sp³-hybridized carbons (Fsp3) is 0.545. The first-order chi connectivity index (χ1) is 7.65. The predicted octanol–water partition coefficient (Wildman–Crippen LogP) is 1.34. The lowest BCUT2D eigenvalue weighted by Gasteiger charge is -2.35. The van der Waals surface area contributed by atoms with Crippen molar-refractivity contribution in [2.24, 2.45) is 5.73 Å². The second-order valence-electron chi connectivity index (χ2n) is 4.26. The van der Waals surface area contributed by atoms with Gasteiger partial charge in [-0.25, -0.2) is 0 Å². The molecule has 1 fully saturated rings. The maximum atomic E-state index is 10.8. The van der Waals surface area contributed by atoms with E-state index < -0.39 is 5.97 Å². The molecule has 2 rings (SSSR count). The van der Waals surface area contributed by atoms with Crippen molar-refractivity contribution >= 4 is 17.3 Å². The van der Waals surface area contributed by atoms with Gasteiger partial charge in [0.2, 0.25) is 0 Å². The highest BCUT2D eigenvalue weighted by molar-refractivity contribution is 7.10. The van der Waals surface area contributed by atoms with Crippen LogP contribution in [0, 0.1) is 0 Å². The third-order valence-corrected chi connectivity index (χ3v) is 3.86. The summed E-state index contributed by atoms with van der Waals surface area (Å²) in [5.74, 6) is -0.769. The van der Waals surface area contributed by atoms with Crippen LogP contribution in [0.15, 0.2) is 17.5 Å². The van der Waals surface area contributed by atoms with Crippen molar-refractivity contribution in [2.45, 2.75) is 37.4 Å². The van der Waals surface area contributed by atoms with Crippen molar-refractivity contribution in [2.75, 3.05) is 0 Å². The Labute approximate surface area is 98.5 Å². The van der Waals surface area contributed by atoms with Crippen molar-refractivity contribution < 1.29 is 9.90 Å². The van der Waals surface area contributed by atoms with Crippen LogP contribution >= 0.6 is 11.3 Å². The number of hydrogen-bond donors (Lipinski definition) is 3. The summed E-state index contributed by atoms with van der Waals surface area (Å²) < 4.78 is 0. The summed E-state index contributed by atoms with van der Waals surface area (Å²) in [5, 5.41) is 14.2. The Bertz CT molecular complexity index is 347. The minimum atomic E-state index is -0.769.